The number of nitrogens with one attached hydrogen (secondary N) is 1. The van der Waals surface area contributed by atoms with Crippen LogP contribution in [0.4, 0.5) is 28.1 Å². The van der Waals surface area contributed by atoms with Crippen LogP contribution in [0.5, 0.6) is 0 Å². The Morgan fingerprint density at radius 3 is 2.54 bits per heavy atom. The SMILES string of the molecule is CC(C)c1cnc(N(C)C(=O)OC(C)(C)C)c2cnc(Nc3ccnc(N4CCCCC4)c3)nc12. The first-order chi connectivity index (χ1) is 16.6. The predicted octanol–water partition coefficient (Wildman–Crippen LogP) is 5.65. The van der Waals surface area contributed by atoms with Gasteiger partial charge in [0.2, 0.25) is 5.95 Å². The van der Waals surface area contributed by atoms with Gasteiger partial charge in [0.1, 0.15) is 17.2 Å². The number of pyridine rings is 2. The Morgan fingerprint density at radius 2 is 1.86 bits per heavy atom. The van der Waals surface area contributed by atoms with Gasteiger partial charge >= 0.3 is 6.09 Å². The number of carbonyl (C=O) groups excluding carboxylic acids is 1. The maximum Gasteiger partial charge on any atom is 0.415 e. The summed E-state index contributed by atoms with van der Waals surface area (Å²) in [4.78, 5) is 34.9. The molecule has 0 radical (unpaired) electrons. The maximum absolute atomic E-state index is 12.7. The van der Waals surface area contributed by atoms with Crippen molar-refractivity contribution in [3.8, 4) is 0 Å². The lowest BCUT2D eigenvalue weighted by atomic mass is 10.0. The fraction of sp³-hybridized carbons (Fsp3) is 0.500. The molecule has 0 aromatic carbocycles. The zero-order valence-electron chi connectivity index (χ0n) is 21.5. The van der Waals surface area contributed by atoms with Gasteiger partial charge in [0.15, 0.2) is 0 Å². The minimum atomic E-state index is -0.607. The van der Waals surface area contributed by atoms with Gasteiger partial charge in [0.05, 0.1) is 10.9 Å². The highest BCUT2D eigenvalue weighted by molar-refractivity contribution is 5.99. The van der Waals surface area contributed by atoms with Crippen LogP contribution in [0.2, 0.25) is 0 Å². The van der Waals surface area contributed by atoms with E-state index in [2.05, 4.69) is 39.0 Å². The Hall–Kier alpha value is -3.49. The molecule has 186 valence electrons. The third-order valence-electron chi connectivity index (χ3n) is 5.92. The fourth-order valence-electron chi connectivity index (χ4n) is 4.11. The molecular weight excluding hydrogens is 442 g/mol. The van der Waals surface area contributed by atoms with Crippen molar-refractivity contribution in [2.45, 2.75) is 65.4 Å². The third kappa shape index (κ3) is 5.78. The van der Waals surface area contributed by atoms with Crippen molar-refractivity contribution in [1.82, 2.24) is 19.9 Å². The van der Waals surface area contributed by atoms with Crippen LogP contribution in [0, 0.1) is 0 Å². The number of nitrogens with zero attached hydrogens (tertiary/aromatic N) is 6. The van der Waals surface area contributed by atoms with Gasteiger partial charge in [-0.15, -0.1) is 0 Å². The molecule has 9 nitrogen and oxygen atoms in total. The van der Waals surface area contributed by atoms with E-state index >= 15 is 0 Å². The van der Waals surface area contributed by atoms with E-state index in [1.54, 1.807) is 19.4 Å². The zero-order valence-corrected chi connectivity index (χ0v) is 21.5. The zero-order chi connectivity index (χ0) is 25.2. The van der Waals surface area contributed by atoms with Crippen molar-refractivity contribution >= 4 is 40.3 Å². The summed E-state index contributed by atoms with van der Waals surface area (Å²) in [5, 5.41) is 4.02. The van der Waals surface area contributed by atoms with Crippen LogP contribution in [0.3, 0.4) is 0 Å². The molecule has 1 aliphatic heterocycles. The molecular formula is C26H35N7O2. The van der Waals surface area contributed by atoms with Gasteiger partial charge in [-0.25, -0.2) is 24.7 Å². The summed E-state index contributed by atoms with van der Waals surface area (Å²) < 4.78 is 5.53. The number of hydrogen-bond donors (Lipinski definition) is 1. The number of carbonyl (C=O) groups is 1. The Morgan fingerprint density at radius 1 is 1.11 bits per heavy atom. The van der Waals surface area contributed by atoms with Gasteiger partial charge < -0.3 is 15.0 Å². The highest BCUT2D eigenvalue weighted by Gasteiger charge is 2.24. The Balaban J connectivity index is 1.66. The largest absolute Gasteiger partial charge is 0.443 e. The smallest absolute Gasteiger partial charge is 0.415 e. The average Bonchev–Trinajstić information content (AvgIpc) is 2.82. The Labute approximate surface area is 206 Å². The van der Waals surface area contributed by atoms with E-state index in [1.807, 2.05) is 39.1 Å². The van der Waals surface area contributed by atoms with Crippen molar-refractivity contribution in [3.63, 3.8) is 0 Å². The Kier molecular flexibility index (Phi) is 7.05. The van der Waals surface area contributed by atoms with Crippen LogP contribution in [-0.2, 0) is 4.74 Å². The lowest BCUT2D eigenvalue weighted by Crippen LogP contribution is -2.34. The van der Waals surface area contributed by atoms with Crippen molar-refractivity contribution < 1.29 is 9.53 Å². The standard InChI is InChI=1S/C26H35N7O2/c1-17(2)19-15-28-23(32(6)25(34)35-26(3,4)5)20-16-29-24(31-22(19)20)30-18-10-11-27-21(14-18)33-12-8-7-9-13-33/h10-11,14-17H,7-9,12-13H2,1-6H3,(H,27,29,30,31). The van der Waals surface area contributed by atoms with E-state index in [9.17, 15) is 4.79 Å². The monoisotopic (exact) mass is 477 g/mol. The molecule has 0 saturated carbocycles. The van der Waals surface area contributed by atoms with E-state index in [0.717, 1.165) is 35.7 Å². The van der Waals surface area contributed by atoms with Crippen LogP contribution in [0.25, 0.3) is 10.9 Å². The first-order valence-electron chi connectivity index (χ1n) is 12.2. The molecule has 4 heterocycles. The third-order valence-corrected chi connectivity index (χ3v) is 5.92. The van der Waals surface area contributed by atoms with Gasteiger partial charge in [-0.2, -0.15) is 0 Å². The molecule has 1 amide bonds. The second-order valence-corrected chi connectivity index (χ2v) is 10.3. The van der Waals surface area contributed by atoms with Crippen LogP contribution >= 0.6 is 0 Å². The number of aromatic nitrogens is 4. The van der Waals surface area contributed by atoms with Gasteiger partial charge in [-0.3, -0.25) is 4.90 Å². The molecule has 1 saturated heterocycles. The second kappa shape index (κ2) is 10.0. The van der Waals surface area contributed by atoms with Crippen LogP contribution in [-0.4, -0.2) is 51.8 Å². The number of ether oxygens (including phenoxy) is 1. The average molecular weight is 478 g/mol. The summed E-state index contributed by atoms with van der Waals surface area (Å²) in [5.41, 5.74) is 2.01. The molecule has 0 unspecified atom stereocenters. The first-order valence-corrected chi connectivity index (χ1v) is 12.2. The van der Waals surface area contributed by atoms with Crippen molar-refractivity contribution in [3.05, 3.63) is 36.3 Å². The van der Waals surface area contributed by atoms with Crippen molar-refractivity contribution in [2.24, 2.45) is 0 Å². The van der Waals surface area contributed by atoms with E-state index < -0.39 is 11.7 Å². The highest BCUT2D eigenvalue weighted by atomic mass is 16.6. The molecule has 3 aromatic heterocycles. The summed E-state index contributed by atoms with van der Waals surface area (Å²) in [6.45, 7) is 11.8. The second-order valence-electron chi connectivity index (χ2n) is 10.3. The van der Waals surface area contributed by atoms with Gasteiger partial charge in [0.25, 0.3) is 0 Å². The molecule has 1 fully saturated rings. The number of anilines is 4. The van der Waals surface area contributed by atoms with Crippen LogP contribution < -0.4 is 15.1 Å². The molecule has 0 aliphatic carbocycles. The predicted molar refractivity (Wildman–Crippen MR) is 140 cm³/mol. The summed E-state index contributed by atoms with van der Waals surface area (Å²) in [6.07, 6.45) is 8.49. The Bertz CT molecular complexity index is 1200. The van der Waals surface area contributed by atoms with E-state index in [-0.39, 0.29) is 5.92 Å². The number of fused-ring (bicyclic) bond motifs is 1. The molecule has 0 atom stereocenters. The number of rotatable bonds is 5. The number of piperidine rings is 1. The summed E-state index contributed by atoms with van der Waals surface area (Å²) in [5.74, 6) is 2.10. The van der Waals surface area contributed by atoms with Gasteiger partial charge in [-0.05, 0) is 57.6 Å². The van der Waals surface area contributed by atoms with Crippen LogP contribution in [0.15, 0.2) is 30.7 Å². The topological polar surface area (TPSA) is 96.4 Å². The summed E-state index contributed by atoms with van der Waals surface area (Å²) >= 11 is 0. The molecule has 0 spiro atoms. The maximum atomic E-state index is 12.7. The van der Waals surface area contributed by atoms with Gasteiger partial charge in [-0.1, -0.05) is 13.8 Å². The molecule has 3 aromatic rings. The fourth-order valence-corrected chi connectivity index (χ4v) is 4.11. The van der Waals surface area contributed by atoms with E-state index in [4.69, 9.17) is 9.72 Å². The lowest BCUT2D eigenvalue weighted by Gasteiger charge is -2.27. The summed E-state index contributed by atoms with van der Waals surface area (Å²) in [7, 11) is 1.65. The molecule has 35 heavy (non-hydrogen) atoms. The highest BCUT2D eigenvalue weighted by Crippen LogP contribution is 2.31. The number of amides is 1. The molecule has 0 bridgehead atoms. The molecule has 1 N–H and O–H groups in total. The normalized spacial score (nSPS) is 14.3. The van der Waals surface area contributed by atoms with E-state index in [0.29, 0.717) is 17.2 Å². The quantitative estimate of drug-likeness (QED) is 0.504. The van der Waals surface area contributed by atoms with Crippen LogP contribution in [0.1, 0.15) is 65.4 Å². The number of hydrogen-bond acceptors (Lipinski definition) is 8. The van der Waals surface area contributed by atoms with Gasteiger partial charge in [0, 0.05) is 50.5 Å². The lowest BCUT2D eigenvalue weighted by molar-refractivity contribution is 0.0588. The van der Waals surface area contributed by atoms with E-state index in [1.165, 1.54) is 24.2 Å². The van der Waals surface area contributed by atoms with Crippen molar-refractivity contribution in [1.29, 1.82) is 0 Å². The minimum absolute atomic E-state index is 0.195. The first kappa shape index (κ1) is 24.6. The van der Waals surface area contributed by atoms with Crippen molar-refractivity contribution in [2.75, 3.05) is 35.3 Å². The molecule has 1 aliphatic rings. The molecule has 9 heteroatoms. The molecule has 4 rings (SSSR count). The summed E-state index contributed by atoms with van der Waals surface area (Å²) in [6, 6.07) is 3.95. The minimum Gasteiger partial charge on any atom is -0.443 e.